The molecule has 0 bridgehead atoms. The summed E-state index contributed by atoms with van der Waals surface area (Å²) in [5, 5.41) is 8.03. The summed E-state index contributed by atoms with van der Waals surface area (Å²) >= 11 is 0. The third-order valence-corrected chi connectivity index (χ3v) is 4.37. The van der Waals surface area contributed by atoms with Gasteiger partial charge in [-0.05, 0) is 64.1 Å². The minimum atomic E-state index is -0.476. The molecule has 2 aromatic carbocycles. The number of nitrogens with one attached hydrogen (secondary N) is 1. The van der Waals surface area contributed by atoms with Gasteiger partial charge in [-0.1, -0.05) is 18.2 Å². The molecule has 0 spiro atoms. The van der Waals surface area contributed by atoms with Gasteiger partial charge in [0.1, 0.15) is 5.82 Å². The van der Waals surface area contributed by atoms with E-state index < -0.39 is 5.97 Å². The first-order valence-corrected chi connectivity index (χ1v) is 9.65. The van der Waals surface area contributed by atoms with Crippen LogP contribution in [0.3, 0.4) is 0 Å². The molecule has 0 saturated carbocycles. The number of aromatic nitrogens is 2. The van der Waals surface area contributed by atoms with Crippen molar-refractivity contribution in [1.82, 2.24) is 15.1 Å². The van der Waals surface area contributed by atoms with E-state index in [0.29, 0.717) is 12.1 Å². The molecule has 1 heterocycles. The molecule has 0 aliphatic heterocycles. The highest BCUT2D eigenvalue weighted by atomic mass is 19.1. The van der Waals surface area contributed by atoms with Crippen LogP contribution in [0, 0.1) is 5.82 Å². The summed E-state index contributed by atoms with van der Waals surface area (Å²) in [5.74, 6) is -0.796. The minimum absolute atomic E-state index is 0.166. The second-order valence-corrected chi connectivity index (χ2v) is 7.75. The highest BCUT2D eigenvalue weighted by molar-refractivity contribution is 5.91. The van der Waals surface area contributed by atoms with Gasteiger partial charge in [0, 0.05) is 23.2 Å². The average Bonchev–Trinajstić information content (AvgIpc) is 3.07. The summed E-state index contributed by atoms with van der Waals surface area (Å²) < 4.78 is 20.5. The van der Waals surface area contributed by atoms with Crippen molar-refractivity contribution >= 4 is 5.97 Å². The highest BCUT2D eigenvalue weighted by Crippen LogP contribution is 2.30. The zero-order valence-corrected chi connectivity index (χ0v) is 17.2. The van der Waals surface area contributed by atoms with Crippen LogP contribution in [0.25, 0.3) is 16.9 Å². The molecule has 152 valence electrons. The molecule has 0 radical (unpaired) electrons. The number of para-hydroxylation sites is 1. The van der Waals surface area contributed by atoms with Crippen LogP contribution < -0.4 is 5.32 Å². The van der Waals surface area contributed by atoms with E-state index in [0.717, 1.165) is 16.9 Å². The Kier molecular flexibility index (Phi) is 6.13. The van der Waals surface area contributed by atoms with Crippen LogP contribution in [0.15, 0.2) is 54.6 Å². The maximum absolute atomic E-state index is 13.6. The number of ether oxygens (including phenoxy) is 1. The van der Waals surface area contributed by atoms with Crippen molar-refractivity contribution < 1.29 is 13.9 Å². The normalized spacial score (nSPS) is 11.5. The maximum atomic E-state index is 13.6. The van der Waals surface area contributed by atoms with Gasteiger partial charge in [-0.15, -0.1) is 0 Å². The molecule has 3 aromatic rings. The number of rotatable bonds is 6. The topological polar surface area (TPSA) is 56.1 Å². The Morgan fingerprint density at radius 1 is 1.10 bits per heavy atom. The number of benzene rings is 2. The van der Waals surface area contributed by atoms with Crippen molar-refractivity contribution in [3.05, 3.63) is 71.7 Å². The number of hydrogen-bond donors (Lipinski definition) is 1. The number of carbonyl (C=O) groups excluding carboxylic acids is 1. The lowest BCUT2D eigenvalue weighted by Gasteiger charge is -2.21. The van der Waals surface area contributed by atoms with Crippen molar-refractivity contribution in [1.29, 1.82) is 0 Å². The lowest BCUT2D eigenvalue weighted by atomic mass is 10.0. The number of halogens is 1. The lowest BCUT2D eigenvalue weighted by molar-refractivity contribution is 0.0517. The second-order valence-electron chi connectivity index (χ2n) is 7.75. The monoisotopic (exact) mass is 395 g/mol. The summed E-state index contributed by atoms with van der Waals surface area (Å²) in [6.45, 7) is 8.59. The molecule has 1 N–H and O–H groups in total. The van der Waals surface area contributed by atoms with E-state index in [4.69, 9.17) is 4.74 Å². The third-order valence-electron chi connectivity index (χ3n) is 4.37. The van der Waals surface area contributed by atoms with Crippen molar-refractivity contribution in [2.45, 2.75) is 39.8 Å². The molecule has 6 heteroatoms. The van der Waals surface area contributed by atoms with Gasteiger partial charge >= 0.3 is 5.97 Å². The Morgan fingerprint density at radius 3 is 2.34 bits per heavy atom. The molecule has 0 aliphatic carbocycles. The Hall–Kier alpha value is -2.99. The molecule has 5 nitrogen and oxygen atoms in total. The van der Waals surface area contributed by atoms with Gasteiger partial charge in [0.05, 0.1) is 18.0 Å². The van der Waals surface area contributed by atoms with Crippen molar-refractivity contribution in [3.63, 3.8) is 0 Å². The van der Waals surface area contributed by atoms with Crippen LogP contribution in [-0.2, 0) is 11.3 Å². The molecular weight excluding hydrogens is 369 g/mol. The van der Waals surface area contributed by atoms with Gasteiger partial charge in [0.2, 0.25) is 0 Å². The fraction of sp³-hybridized carbons (Fsp3) is 0.304. The summed E-state index contributed by atoms with van der Waals surface area (Å²) in [6, 6.07) is 15.8. The van der Waals surface area contributed by atoms with Crippen LogP contribution in [-0.4, -0.2) is 27.9 Å². The summed E-state index contributed by atoms with van der Waals surface area (Å²) in [4.78, 5) is 12.7. The Labute approximate surface area is 170 Å². The van der Waals surface area contributed by atoms with Gasteiger partial charge in [0.25, 0.3) is 0 Å². The van der Waals surface area contributed by atoms with Crippen LogP contribution in [0.1, 0.15) is 43.7 Å². The fourth-order valence-corrected chi connectivity index (χ4v) is 3.00. The summed E-state index contributed by atoms with van der Waals surface area (Å²) in [7, 11) is 0. The SMILES string of the molecule is CCOC(=O)c1nn(-c2ccccc2)c(-c2ccc(F)cc2)c1CNC(C)(C)C. The molecule has 0 amide bonds. The van der Waals surface area contributed by atoms with Crippen molar-refractivity contribution in [2.75, 3.05) is 6.61 Å². The molecule has 0 fully saturated rings. The van der Waals surface area contributed by atoms with Gasteiger partial charge in [-0.2, -0.15) is 5.10 Å². The average molecular weight is 395 g/mol. The van der Waals surface area contributed by atoms with Gasteiger partial charge in [-0.3, -0.25) is 0 Å². The Balaban J connectivity index is 2.24. The van der Waals surface area contributed by atoms with Gasteiger partial charge in [0.15, 0.2) is 5.69 Å². The Morgan fingerprint density at radius 2 is 1.76 bits per heavy atom. The largest absolute Gasteiger partial charge is 0.461 e. The van der Waals surface area contributed by atoms with Gasteiger partial charge < -0.3 is 10.1 Å². The number of nitrogens with zero attached hydrogens (tertiary/aromatic N) is 2. The molecule has 29 heavy (non-hydrogen) atoms. The van der Waals surface area contributed by atoms with E-state index in [1.54, 1.807) is 23.7 Å². The number of esters is 1. The predicted octanol–water partition coefficient (Wildman–Crippen LogP) is 4.74. The maximum Gasteiger partial charge on any atom is 0.359 e. The van der Waals surface area contributed by atoms with Gasteiger partial charge in [-0.25, -0.2) is 13.9 Å². The molecule has 0 aliphatic rings. The zero-order valence-electron chi connectivity index (χ0n) is 17.2. The standard InChI is InChI=1S/C23H26FN3O2/c1-5-29-22(28)20-19(15-25-23(2,3)4)21(16-11-13-17(24)14-12-16)27(26-20)18-9-7-6-8-10-18/h6-14,25H,5,15H2,1-4H3. The first-order chi connectivity index (χ1) is 13.8. The van der Waals surface area contributed by atoms with E-state index in [1.807, 2.05) is 30.3 Å². The highest BCUT2D eigenvalue weighted by Gasteiger charge is 2.26. The summed E-state index contributed by atoms with van der Waals surface area (Å²) in [6.07, 6.45) is 0. The van der Waals surface area contributed by atoms with E-state index in [2.05, 4.69) is 31.2 Å². The third kappa shape index (κ3) is 4.90. The quantitative estimate of drug-likeness (QED) is 0.613. The number of carbonyl (C=O) groups is 1. The fourth-order valence-electron chi connectivity index (χ4n) is 3.00. The van der Waals surface area contributed by atoms with Crippen LogP contribution in [0.5, 0.6) is 0 Å². The van der Waals surface area contributed by atoms with E-state index >= 15 is 0 Å². The second kappa shape index (κ2) is 8.57. The van der Waals surface area contributed by atoms with Crippen molar-refractivity contribution in [2.24, 2.45) is 0 Å². The van der Waals surface area contributed by atoms with E-state index in [9.17, 15) is 9.18 Å². The van der Waals surface area contributed by atoms with Crippen LogP contribution in [0.4, 0.5) is 4.39 Å². The van der Waals surface area contributed by atoms with Crippen molar-refractivity contribution in [3.8, 4) is 16.9 Å². The smallest absolute Gasteiger partial charge is 0.359 e. The minimum Gasteiger partial charge on any atom is -0.461 e. The Bertz CT molecular complexity index is 974. The lowest BCUT2D eigenvalue weighted by Crippen LogP contribution is -2.35. The zero-order chi connectivity index (χ0) is 21.0. The molecule has 0 atom stereocenters. The number of hydrogen-bond acceptors (Lipinski definition) is 4. The van der Waals surface area contributed by atoms with E-state index in [1.165, 1.54) is 12.1 Å². The molecule has 1 aromatic heterocycles. The summed E-state index contributed by atoms with van der Waals surface area (Å²) in [5.41, 5.74) is 3.11. The van der Waals surface area contributed by atoms with E-state index in [-0.39, 0.29) is 23.7 Å². The molecular formula is C23H26FN3O2. The molecule has 0 unspecified atom stereocenters. The first-order valence-electron chi connectivity index (χ1n) is 9.65. The van der Waals surface area contributed by atoms with Crippen LogP contribution >= 0.6 is 0 Å². The first kappa shape index (κ1) is 20.7. The molecule has 0 saturated heterocycles. The predicted molar refractivity (Wildman–Crippen MR) is 112 cm³/mol. The van der Waals surface area contributed by atoms with Crippen LogP contribution in [0.2, 0.25) is 0 Å². The molecule has 3 rings (SSSR count).